The zero-order valence-electron chi connectivity index (χ0n) is 15.4. The Morgan fingerprint density at radius 1 is 1.12 bits per heavy atom. The molecule has 0 bridgehead atoms. The maximum atomic E-state index is 13.0. The van der Waals surface area contributed by atoms with Gasteiger partial charge in [0, 0.05) is 42.3 Å². The fourth-order valence-electron chi connectivity index (χ4n) is 3.90. The first kappa shape index (κ1) is 16.7. The molecule has 1 aromatic heterocycles. The second-order valence-corrected chi connectivity index (χ2v) is 6.86. The number of rotatable bonds is 4. The Hall–Kier alpha value is -2.75. The Bertz CT molecular complexity index is 941. The third-order valence-electron chi connectivity index (χ3n) is 5.17. The molecule has 4 heteroatoms. The molecule has 0 radical (unpaired) electrons. The highest BCUT2D eigenvalue weighted by atomic mass is 16.5. The summed E-state index contributed by atoms with van der Waals surface area (Å²) < 4.78 is 7.54. The predicted octanol–water partition coefficient (Wildman–Crippen LogP) is 4.26. The second-order valence-electron chi connectivity index (χ2n) is 6.86. The highest BCUT2D eigenvalue weighted by Gasteiger charge is 2.23. The van der Waals surface area contributed by atoms with E-state index in [2.05, 4.69) is 35.9 Å². The summed E-state index contributed by atoms with van der Waals surface area (Å²) >= 11 is 0. The van der Waals surface area contributed by atoms with Gasteiger partial charge in [0.2, 0.25) is 0 Å². The Morgan fingerprint density at radius 3 is 2.65 bits per heavy atom. The van der Waals surface area contributed by atoms with Gasteiger partial charge in [0.15, 0.2) is 0 Å². The highest BCUT2D eigenvalue weighted by Crippen LogP contribution is 2.30. The number of hydrogen-bond acceptors (Lipinski definition) is 2. The number of benzene rings is 2. The van der Waals surface area contributed by atoms with Crippen LogP contribution in [-0.2, 0) is 19.5 Å². The SMILES string of the molecule is CCCn1cc2c3c(cccc31)CN(C(=O)c1ccc(OC)cc1)CC2. The molecule has 0 fully saturated rings. The first-order valence-corrected chi connectivity index (χ1v) is 9.24. The quantitative estimate of drug-likeness (QED) is 0.706. The van der Waals surface area contributed by atoms with Gasteiger partial charge in [-0.2, -0.15) is 0 Å². The maximum Gasteiger partial charge on any atom is 0.254 e. The summed E-state index contributed by atoms with van der Waals surface area (Å²) in [5.74, 6) is 0.847. The van der Waals surface area contributed by atoms with Crippen molar-refractivity contribution in [2.45, 2.75) is 32.9 Å². The van der Waals surface area contributed by atoms with Crippen molar-refractivity contribution in [3.8, 4) is 5.75 Å². The van der Waals surface area contributed by atoms with Crippen molar-refractivity contribution in [3.63, 3.8) is 0 Å². The fraction of sp³-hybridized carbons (Fsp3) is 0.318. The lowest BCUT2D eigenvalue weighted by molar-refractivity contribution is 0.0747. The van der Waals surface area contributed by atoms with Crippen LogP contribution < -0.4 is 4.74 Å². The number of methoxy groups -OCH3 is 1. The van der Waals surface area contributed by atoms with Crippen LogP contribution in [0, 0.1) is 0 Å². The Labute approximate surface area is 154 Å². The summed E-state index contributed by atoms with van der Waals surface area (Å²) in [5.41, 5.74) is 4.60. The molecule has 0 saturated heterocycles. The van der Waals surface area contributed by atoms with E-state index in [4.69, 9.17) is 4.74 Å². The summed E-state index contributed by atoms with van der Waals surface area (Å²) in [5, 5.41) is 1.34. The minimum Gasteiger partial charge on any atom is -0.497 e. The van der Waals surface area contributed by atoms with E-state index in [0.29, 0.717) is 12.1 Å². The number of ether oxygens (including phenoxy) is 1. The lowest BCUT2D eigenvalue weighted by Gasteiger charge is -2.21. The lowest BCUT2D eigenvalue weighted by Crippen LogP contribution is -2.31. The van der Waals surface area contributed by atoms with Gasteiger partial charge in [-0.15, -0.1) is 0 Å². The largest absolute Gasteiger partial charge is 0.497 e. The molecule has 0 unspecified atom stereocenters. The number of amides is 1. The van der Waals surface area contributed by atoms with Crippen LogP contribution in [-0.4, -0.2) is 29.0 Å². The molecule has 1 aliphatic heterocycles. The van der Waals surface area contributed by atoms with Gasteiger partial charge in [-0.3, -0.25) is 4.79 Å². The highest BCUT2D eigenvalue weighted by molar-refractivity contribution is 5.95. The number of hydrogen-bond donors (Lipinski definition) is 0. The molecule has 134 valence electrons. The number of nitrogens with zero attached hydrogens (tertiary/aromatic N) is 2. The van der Waals surface area contributed by atoms with E-state index in [-0.39, 0.29) is 5.91 Å². The van der Waals surface area contributed by atoms with Crippen molar-refractivity contribution < 1.29 is 9.53 Å². The van der Waals surface area contributed by atoms with E-state index in [1.807, 2.05) is 29.2 Å². The van der Waals surface area contributed by atoms with E-state index < -0.39 is 0 Å². The molecule has 2 heterocycles. The smallest absolute Gasteiger partial charge is 0.254 e. The maximum absolute atomic E-state index is 13.0. The van der Waals surface area contributed by atoms with Gasteiger partial charge in [0.05, 0.1) is 7.11 Å². The summed E-state index contributed by atoms with van der Waals surface area (Å²) in [6, 6.07) is 13.8. The van der Waals surface area contributed by atoms with Crippen molar-refractivity contribution in [2.24, 2.45) is 0 Å². The average molecular weight is 348 g/mol. The topological polar surface area (TPSA) is 34.5 Å². The Morgan fingerprint density at radius 2 is 1.92 bits per heavy atom. The zero-order valence-corrected chi connectivity index (χ0v) is 15.4. The van der Waals surface area contributed by atoms with E-state index in [9.17, 15) is 4.79 Å². The first-order valence-electron chi connectivity index (χ1n) is 9.24. The lowest BCUT2D eigenvalue weighted by atomic mass is 10.1. The van der Waals surface area contributed by atoms with Crippen molar-refractivity contribution in [1.82, 2.24) is 9.47 Å². The molecule has 2 aromatic carbocycles. The molecule has 0 atom stereocenters. The van der Waals surface area contributed by atoms with Crippen LogP contribution in [0.1, 0.15) is 34.8 Å². The molecule has 1 amide bonds. The van der Waals surface area contributed by atoms with Crippen LogP contribution in [0.3, 0.4) is 0 Å². The van der Waals surface area contributed by atoms with E-state index in [0.717, 1.165) is 31.7 Å². The third-order valence-corrected chi connectivity index (χ3v) is 5.17. The third kappa shape index (κ3) is 2.85. The number of aromatic nitrogens is 1. The summed E-state index contributed by atoms with van der Waals surface area (Å²) in [6.45, 7) is 4.64. The molecule has 0 aliphatic carbocycles. The monoisotopic (exact) mass is 348 g/mol. The summed E-state index contributed by atoms with van der Waals surface area (Å²) in [4.78, 5) is 15.0. The van der Waals surface area contributed by atoms with Crippen molar-refractivity contribution >= 4 is 16.8 Å². The average Bonchev–Trinajstić information content (AvgIpc) is 2.92. The van der Waals surface area contributed by atoms with Crippen LogP contribution in [0.15, 0.2) is 48.7 Å². The summed E-state index contributed by atoms with van der Waals surface area (Å²) in [7, 11) is 1.63. The van der Waals surface area contributed by atoms with Gasteiger partial charge in [0.25, 0.3) is 5.91 Å². The molecule has 0 spiro atoms. The van der Waals surface area contributed by atoms with Crippen LogP contribution in [0.4, 0.5) is 0 Å². The molecule has 0 N–H and O–H groups in total. The van der Waals surface area contributed by atoms with Gasteiger partial charge in [0.1, 0.15) is 5.75 Å². The predicted molar refractivity (Wildman–Crippen MR) is 104 cm³/mol. The molecule has 4 nitrogen and oxygen atoms in total. The number of carbonyl (C=O) groups is 1. The molecule has 26 heavy (non-hydrogen) atoms. The minimum atomic E-state index is 0.0799. The van der Waals surface area contributed by atoms with Gasteiger partial charge < -0.3 is 14.2 Å². The van der Waals surface area contributed by atoms with Crippen LogP contribution in [0.2, 0.25) is 0 Å². The molecular weight excluding hydrogens is 324 g/mol. The fourth-order valence-corrected chi connectivity index (χ4v) is 3.90. The van der Waals surface area contributed by atoms with Crippen LogP contribution in [0.25, 0.3) is 10.9 Å². The molecule has 1 aliphatic rings. The van der Waals surface area contributed by atoms with Crippen LogP contribution in [0.5, 0.6) is 5.75 Å². The van der Waals surface area contributed by atoms with Gasteiger partial charge in [-0.1, -0.05) is 19.1 Å². The minimum absolute atomic E-state index is 0.0799. The first-order chi connectivity index (χ1) is 12.7. The van der Waals surface area contributed by atoms with Gasteiger partial charge in [-0.25, -0.2) is 0 Å². The molecule has 3 aromatic rings. The molecule has 4 rings (SSSR count). The summed E-state index contributed by atoms with van der Waals surface area (Å²) in [6.07, 6.45) is 4.29. The van der Waals surface area contributed by atoms with E-state index in [1.54, 1.807) is 7.11 Å². The van der Waals surface area contributed by atoms with Crippen molar-refractivity contribution in [3.05, 3.63) is 65.4 Å². The Balaban J connectivity index is 1.65. The normalized spacial score (nSPS) is 13.7. The standard InChI is InChI=1S/C22H24N2O2/c1-3-12-23-14-18-11-13-24(15-17-5-4-6-20(23)21(17)18)22(25)16-7-9-19(26-2)10-8-16/h4-10,14H,3,11-13,15H2,1-2H3. The second kappa shape index (κ2) is 6.87. The molecule has 0 saturated carbocycles. The van der Waals surface area contributed by atoms with Gasteiger partial charge >= 0.3 is 0 Å². The number of carbonyl (C=O) groups excluding carboxylic acids is 1. The number of aryl methyl sites for hydroxylation is 1. The van der Waals surface area contributed by atoms with E-state index >= 15 is 0 Å². The zero-order chi connectivity index (χ0) is 18.1. The van der Waals surface area contributed by atoms with Crippen molar-refractivity contribution in [1.29, 1.82) is 0 Å². The van der Waals surface area contributed by atoms with Crippen molar-refractivity contribution in [2.75, 3.05) is 13.7 Å². The molecular formula is C22H24N2O2. The van der Waals surface area contributed by atoms with Gasteiger partial charge in [-0.05, 0) is 54.3 Å². The van der Waals surface area contributed by atoms with Crippen LogP contribution >= 0.6 is 0 Å². The Kier molecular flexibility index (Phi) is 4.41. The van der Waals surface area contributed by atoms with E-state index in [1.165, 1.54) is 22.0 Å².